The Morgan fingerprint density at radius 2 is 0.846 bits per heavy atom. The molecule has 0 aromatic carbocycles. The molecule has 0 heterocycles. The van der Waals surface area contributed by atoms with Gasteiger partial charge in [0.1, 0.15) is 0 Å². The van der Waals surface area contributed by atoms with Crippen molar-refractivity contribution in [3.05, 3.63) is 0 Å². The maximum absolute atomic E-state index is 12.3. The van der Waals surface area contributed by atoms with Crippen molar-refractivity contribution in [3.8, 4) is 0 Å². The number of halogens is 9. The second kappa shape index (κ2) is 2.98. The Morgan fingerprint density at radius 1 is 0.615 bits per heavy atom. The Morgan fingerprint density at radius 3 is 0.923 bits per heavy atom. The Hall–Kier alpha value is 0.970. The predicted octanol–water partition coefficient (Wildman–Crippen LogP) is 0.0107. The van der Waals surface area contributed by atoms with Crippen molar-refractivity contribution in [1.82, 2.24) is 0 Å². The number of hydrogen-bond acceptors (Lipinski definition) is 0. The second-order valence-corrected chi connectivity index (χ2v) is 3.78. The van der Waals surface area contributed by atoms with Gasteiger partial charge in [-0.1, -0.05) is 0 Å². The van der Waals surface area contributed by atoms with Gasteiger partial charge >= 0.3 is 17.8 Å². The molecular formula is C4F7I2-. The van der Waals surface area contributed by atoms with E-state index in [-0.39, 0.29) is 46.6 Å². The predicted molar refractivity (Wildman–Crippen MR) is 32.7 cm³/mol. The third kappa shape index (κ3) is 1.14. The van der Waals surface area contributed by atoms with Crippen LogP contribution in [0.1, 0.15) is 0 Å². The van der Waals surface area contributed by atoms with E-state index < -0.39 is 21.4 Å². The molecule has 0 nitrogen and oxygen atoms in total. The van der Waals surface area contributed by atoms with E-state index in [1.807, 2.05) is 0 Å². The van der Waals surface area contributed by atoms with Crippen LogP contribution in [0.3, 0.4) is 0 Å². The zero-order valence-electron chi connectivity index (χ0n) is 5.40. The first-order valence-corrected chi connectivity index (χ1v) is 3.59. The summed E-state index contributed by atoms with van der Waals surface area (Å²) in [6.45, 7) is 0. The summed E-state index contributed by atoms with van der Waals surface area (Å²) in [4.78, 5) is 0. The molecule has 0 spiro atoms. The molecule has 1 aliphatic carbocycles. The summed E-state index contributed by atoms with van der Waals surface area (Å²) < 4.78 is 79.4. The van der Waals surface area contributed by atoms with Crippen molar-refractivity contribution in [1.29, 1.82) is 0 Å². The fraction of sp³-hybridized carbons (Fsp3) is 1.00. The van der Waals surface area contributed by atoms with E-state index in [1.54, 1.807) is 0 Å². The molecule has 1 rings (SSSR count). The molecule has 1 fully saturated rings. The topological polar surface area (TPSA) is 0 Å². The monoisotopic (exact) mass is 435 g/mol. The lowest BCUT2D eigenvalue weighted by Gasteiger charge is -2.51. The van der Waals surface area contributed by atoms with Gasteiger partial charge in [-0.2, -0.15) is 26.3 Å². The van der Waals surface area contributed by atoms with Crippen LogP contribution in [0.15, 0.2) is 0 Å². The van der Waals surface area contributed by atoms with Crippen molar-refractivity contribution in [3.63, 3.8) is 0 Å². The Bertz CT molecular complexity index is 159. The van der Waals surface area contributed by atoms with Crippen LogP contribution in [-0.4, -0.2) is 21.4 Å². The van der Waals surface area contributed by atoms with E-state index in [1.165, 1.54) is 0 Å². The smallest absolute Gasteiger partial charge is 0.380 e. The SMILES string of the molecule is FC1(F)C(F)(F)C(F)(I)C1(F)F.[I-]. The molecule has 0 bridgehead atoms. The average Bonchev–Trinajstić information content (AvgIpc) is 1.84. The molecule has 0 atom stereocenters. The number of rotatable bonds is 0. The first kappa shape index (κ1) is 14.0. The highest BCUT2D eigenvalue weighted by molar-refractivity contribution is 14.1. The van der Waals surface area contributed by atoms with Gasteiger partial charge in [0.15, 0.2) is 0 Å². The van der Waals surface area contributed by atoms with Crippen molar-refractivity contribution >= 4 is 22.6 Å². The standard InChI is InChI=1S/C4F7I.HI/c5-1(6)2(7,8)4(11,12)3(1,9)10;/h;1H/p-1. The van der Waals surface area contributed by atoms with Gasteiger partial charge < -0.3 is 24.0 Å². The first-order chi connectivity index (χ1) is 5.00. The molecule has 80 valence electrons. The normalized spacial score (nSPS) is 31.4. The molecule has 1 saturated carbocycles. The van der Waals surface area contributed by atoms with Gasteiger partial charge in [0.05, 0.1) is 0 Å². The average molecular weight is 435 g/mol. The van der Waals surface area contributed by atoms with Crippen LogP contribution in [0.4, 0.5) is 30.7 Å². The van der Waals surface area contributed by atoms with Crippen LogP contribution in [0.5, 0.6) is 0 Å². The van der Waals surface area contributed by atoms with Crippen LogP contribution in [0, 0.1) is 0 Å². The fourth-order valence-corrected chi connectivity index (χ4v) is 1.40. The largest absolute Gasteiger partial charge is 1.00 e. The highest BCUT2D eigenvalue weighted by atomic mass is 127. The van der Waals surface area contributed by atoms with E-state index in [2.05, 4.69) is 0 Å². The minimum absolute atomic E-state index is 0. The second-order valence-electron chi connectivity index (χ2n) is 2.30. The molecule has 13 heavy (non-hydrogen) atoms. The molecule has 0 saturated heterocycles. The third-order valence-corrected chi connectivity index (χ3v) is 2.93. The molecule has 0 N–H and O–H groups in total. The number of hydrogen-bond donors (Lipinski definition) is 0. The quantitative estimate of drug-likeness (QED) is 0.286. The van der Waals surface area contributed by atoms with Crippen molar-refractivity contribution in [2.75, 3.05) is 0 Å². The lowest BCUT2D eigenvalue weighted by Crippen LogP contribution is -3.00. The zero-order valence-corrected chi connectivity index (χ0v) is 9.72. The minimum atomic E-state index is -5.60. The van der Waals surface area contributed by atoms with Gasteiger partial charge in [0.2, 0.25) is 0 Å². The summed E-state index contributed by atoms with van der Waals surface area (Å²) in [6, 6.07) is 0. The molecule has 1 aliphatic rings. The lowest BCUT2D eigenvalue weighted by molar-refractivity contribution is -0.438. The maximum Gasteiger partial charge on any atom is 0.380 e. The lowest BCUT2D eigenvalue weighted by atomic mass is 9.82. The minimum Gasteiger partial charge on any atom is -1.00 e. The summed E-state index contributed by atoms with van der Waals surface area (Å²) in [6.07, 6.45) is 0. The van der Waals surface area contributed by atoms with Gasteiger partial charge in [-0.25, -0.2) is 4.39 Å². The van der Waals surface area contributed by atoms with Crippen LogP contribution < -0.4 is 24.0 Å². The van der Waals surface area contributed by atoms with E-state index in [9.17, 15) is 30.7 Å². The summed E-state index contributed by atoms with van der Waals surface area (Å²) in [5.74, 6) is -16.2. The van der Waals surface area contributed by atoms with Gasteiger partial charge in [0.25, 0.3) is 3.68 Å². The van der Waals surface area contributed by atoms with Gasteiger partial charge in [-0.15, -0.1) is 0 Å². The van der Waals surface area contributed by atoms with Crippen molar-refractivity contribution < 1.29 is 54.7 Å². The van der Waals surface area contributed by atoms with E-state index in [0.717, 1.165) is 0 Å². The van der Waals surface area contributed by atoms with Gasteiger partial charge in [0, 0.05) is 0 Å². The summed E-state index contributed by atoms with van der Waals surface area (Å²) in [5.41, 5.74) is 0. The Labute approximate surface area is 98.4 Å². The van der Waals surface area contributed by atoms with Gasteiger partial charge in [-0.3, -0.25) is 0 Å². The molecule has 0 radical (unpaired) electrons. The van der Waals surface area contributed by atoms with Crippen LogP contribution in [0.2, 0.25) is 0 Å². The van der Waals surface area contributed by atoms with E-state index >= 15 is 0 Å². The maximum atomic E-state index is 12.3. The molecular weight excluding hydrogens is 435 g/mol. The molecule has 0 aromatic rings. The molecule has 9 heteroatoms. The number of alkyl halides is 8. The van der Waals surface area contributed by atoms with Crippen LogP contribution in [-0.2, 0) is 0 Å². The van der Waals surface area contributed by atoms with Gasteiger partial charge in [-0.05, 0) is 22.6 Å². The Kier molecular flexibility index (Phi) is 3.20. The van der Waals surface area contributed by atoms with Crippen LogP contribution in [0.25, 0.3) is 0 Å². The summed E-state index contributed by atoms with van der Waals surface area (Å²) in [5, 5.41) is 0. The highest BCUT2D eigenvalue weighted by Gasteiger charge is 2.99. The van der Waals surface area contributed by atoms with Crippen LogP contribution >= 0.6 is 22.6 Å². The summed E-state index contributed by atoms with van der Waals surface area (Å²) in [7, 11) is 0. The molecule has 0 aliphatic heterocycles. The zero-order chi connectivity index (χ0) is 10.0. The van der Waals surface area contributed by atoms with E-state index in [0.29, 0.717) is 0 Å². The Balaban J connectivity index is 0.00000144. The molecule has 0 unspecified atom stereocenters. The first-order valence-electron chi connectivity index (χ1n) is 2.51. The third-order valence-electron chi connectivity index (χ3n) is 1.58. The van der Waals surface area contributed by atoms with Crippen molar-refractivity contribution in [2.45, 2.75) is 21.4 Å². The molecule has 0 amide bonds. The highest BCUT2D eigenvalue weighted by Crippen LogP contribution is 2.71. The fourth-order valence-electron chi connectivity index (χ4n) is 0.726. The molecule has 0 aromatic heterocycles. The van der Waals surface area contributed by atoms with E-state index in [4.69, 9.17) is 0 Å². The van der Waals surface area contributed by atoms with Crippen molar-refractivity contribution in [2.24, 2.45) is 0 Å². The summed E-state index contributed by atoms with van der Waals surface area (Å²) >= 11 is -0.00852.